The summed E-state index contributed by atoms with van der Waals surface area (Å²) in [5.41, 5.74) is 8.44. The molecule has 1 aromatic carbocycles. The van der Waals surface area contributed by atoms with E-state index in [1.807, 2.05) is 0 Å². The van der Waals surface area contributed by atoms with E-state index < -0.39 is 0 Å². The maximum atomic E-state index is 5.75. The maximum Gasteiger partial charge on any atom is 0.0349 e. The van der Waals surface area contributed by atoms with E-state index in [1.54, 1.807) is 0 Å². The Morgan fingerprint density at radius 3 is 2.81 bits per heavy atom. The molecule has 2 unspecified atom stereocenters. The summed E-state index contributed by atoms with van der Waals surface area (Å²) in [6.45, 7) is 4.04. The smallest absolute Gasteiger partial charge is 0.0349 e. The summed E-state index contributed by atoms with van der Waals surface area (Å²) >= 11 is 3.60. The fourth-order valence-electron chi connectivity index (χ4n) is 2.48. The highest BCUT2D eigenvalue weighted by Crippen LogP contribution is 2.35. The summed E-state index contributed by atoms with van der Waals surface area (Å²) < 4.78 is 1.20. The van der Waals surface area contributed by atoms with Crippen molar-refractivity contribution >= 4 is 15.9 Å². The maximum absolute atomic E-state index is 5.75. The third kappa shape index (κ3) is 2.31. The van der Waals surface area contributed by atoms with E-state index >= 15 is 0 Å². The summed E-state index contributed by atoms with van der Waals surface area (Å²) in [5.74, 6) is 0.648. The average molecular weight is 283 g/mol. The Balaban J connectivity index is 2.21. The van der Waals surface area contributed by atoms with Crippen molar-refractivity contribution < 1.29 is 0 Å². The van der Waals surface area contributed by atoms with Crippen LogP contribution in [-0.2, 0) is 0 Å². The standard InChI is InChI=1S/C13H19BrN2/c1-9-3-4-11(6-12(9)14)13-5-10(7-15)8-16(13)2/h3-4,6,10,13H,5,7-8,15H2,1-2H3. The van der Waals surface area contributed by atoms with Crippen LogP contribution in [0.3, 0.4) is 0 Å². The second-order valence-electron chi connectivity index (χ2n) is 4.80. The van der Waals surface area contributed by atoms with Crippen molar-refractivity contribution in [1.29, 1.82) is 0 Å². The Labute approximate surface area is 106 Å². The fraction of sp³-hybridized carbons (Fsp3) is 0.538. The van der Waals surface area contributed by atoms with Gasteiger partial charge in [0.25, 0.3) is 0 Å². The van der Waals surface area contributed by atoms with Crippen molar-refractivity contribution in [3.05, 3.63) is 33.8 Å². The summed E-state index contributed by atoms with van der Waals surface area (Å²) in [5, 5.41) is 0. The number of likely N-dealkylation sites (tertiary alicyclic amines) is 1. The molecule has 0 amide bonds. The van der Waals surface area contributed by atoms with Gasteiger partial charge < -0.3 is 5.73 Å². The van der Waals surface area contributed by atoms with Crippen LogP contribution >= 0.6 is 15.9 Å². The molecule has 2 N–H and O–H groups in total. The Morgan fingerprint density at radius 2 is 2.25 bits per heavy atom. The number of benzene rings is 1. The number of halogens is 1. The van der Waals surface area contributed by atoms with Gasteiger partial charge in [0.1, 0.15) is 0 Å². The van der Waals surface area contributed by atoms with Gasteiger partial charge in [-0.3, -0.25) is 4.90 Å². The molecule has 16 heavy (non-hydrogen) atoms. The van der Waals surface area contributed by atoms with Crippen LogP contribution in [0.15, 0.2) is 22.7 Å². The molecule has 0 spiro atoms. The Bertz CT molecular complexity index is 378. The van der Waals surface area contributed by atoms with Crippen molar-refractivity contribution in [2.45, 2.75) is 19.4 Å². The SMILES string of the molecule is Cc1ccc(C2CC(CN)CN2C)cc1Br. The zero-order valence-electron chi connectivity index (χ0n) is 9.91. The molecule has 3 heteroatoms. The molecule has 0 radical (unpaired) electrons. The minimum Gasteiger partial charge on any atom is -0.330 e. The number of nitrogens with two attached hydrogens (primary N) is 1. The van der Waals surface area contributed by atoms with Gasteiger partial charge in [-0.2, -0.15) is 0 Å². The van der Waals surface area contributed by atoms with Crippen LogP contribution in [0.25, 0.3) is 0 Å². The summed E-state index contributed by atoms with van der Waals surface area (Å²) in [6, 6.07) is 7.20. The average Bonchev–Trinajstić information content (AvgIpc) is 2.64. The second-order valence-corrected chi connectivity index (χ2v) is 5.66. The first-order valence-corrected chi connectivity index (χ1v) is 6.57. The van der Waals surface area contributed by atoms with E-state index in [-0.39, 0.29) is 0 Å². The van der Waals surface area contributed by atoms with Crippen LogP contribution < -0.4 is 5.73 Å². The Kier molecular flexibility index (Phi) is 3.67. The zero-order valence-corrected chi connectivity index (χ0v) is 11.5. The van der Waals surface area contributed by atoms with Gasteiger partial charge in [-0.25, -0.2) is 0 Å². The first kappa shape index (κ1) is 12.1. The third-order valence-electron chi connectivity index (χ3n) is 3.55. The molecule has 2 rings (SSSR count). The predicted octanol–water partition coefficient (Wildman–Crippen LogP) is 2.71. The van der Waals surface area contributed by atoms with E-state index in [2.05, 4.69) is 53.0 Å². The number of nitrogens with zero attached hydrogens (tertiary/aromatic N) is 1. The third-order valence-corrected chi connectivity index (χ3v) is 4.40. The van der Waals surface area contributed by atoms with E-state index in [9.17, 15) is 0 Å². The highest BCUT2D eigenvalue weighted by atomic mass is 79.9. The molecule has 0 saturated carbocycles. The van der Waals surface area contributed by atoms with Gasteiger partial charge in [0.05, 0.1) is 0 Å². The molecular formula is C13H19BrN2. The minimum absolute atomic E-state index is 0.533. The second kappa shape index (κ2) is 4.86. The van der Waals surface area contributed by atoms with Gasteiger partial charge >= 0.3 is 0 Å². The van der Waals surface area contributed by atoms with Crippen LogP contribution in [0.5, 0.6) is 0 Å². The molecule has 1 aliphatic heterocycles. The molecule has 0 aliphatic carbocycles. The Hall–Kier alpha value is -0.380. The van der Waals surface area contributed by atoms with E-state index in [1.165, 1.54) is 22.0 Å². The summed E-state index contributed by atoms with van der Waals surface area (Å²) in [4.78, 5) is 2.41. The molecule has 2 atom stereocenters. The van der Waals surface area contributed by atoms with Crippen molar-refractivity contribution in [2.75, 3.05) is 20.1 Å². The summed E-state index contributed by atoms with van der Waals surface area (Å²) in [7, 11) is 2.19. The van der Waals surface area contributed by atoms with Gasteiger partial charge in [0.15, 0.2) is 0 Å². The Morgan fingerprint density at radius 1 is 1.50 bits per heavy atom. The van der Waals surface area contributed by atoms with E-state index in [0.29, 0.717) is 12.0 Å². The topological polar surface area (TPSA) is 29.3 Å². The molecule has 2 nitrogen and oxygen atoms in total. The lowest BCUT2D eigenvalue weighted by molar-refractivity contribution is 0.313. The molecule has 1 fully saturated rings. The number of hydrogen-bond donors (Lipinski definition) is 1. The monoisotopic (exact) mass is 282 g/mol. The molecule has 1 aliphatic rings. The fourth-order valence-corrected chi connectivity index (χ4v) is 2.88. The van der Waals surface area contributed by atoms with Gasteiger partial charge in [-0.05, 0) is 50.0 Å². The molecular weight excluding hydrogens is 264 g/mol. The lowest BCUT2D eigenvalue weighted by atomic mass is 9.99. The normalized spacial score (nSPS) is 26.2. The first-order valence-electron chi connectivity index (χ1n) is 5.78. The zero-order chi connectivity index (χ0) is 11.7. The van der Waals surface area contributed by atoms with Crippen LogP contribution in [-0.4, -0.2) is 25.0 Å². The quantitative estimate of drug-likeness (QED) is 0.904. The number of hydrogen-bond acceptors (Lipinski definition) is 2. The van der Waals surface area contributed by atoms with Crippen molar-refractivity contribution in [1.82, 2.24) is 4.90 Å². The van der Waals surface area contributed by atoms with Crippen LogP contribution in [0.2, 0.25) is 0 Å². The van der Waals surface area contributed by atoms with Crippen LogP contribution in [0, 0.1) is 12.8 Å². The molecule has 1 saturated heterocycles. The summed E-state index contributed by atoms with van der Waals surface area (Å²) in [6.07, 6.45) is 1.18. The van der Waals surface area contributed by atoms with Gasteiger partial charge in [0.2, 0.25) is 0 Å². The minimum atomic E-state index is 0.533. The number of aryl methyl sites for hydroxylation is 1. The van der Waals surface area contributed by atoms with E-state index in [4.69, 9.17) is 5.73 Å². The highest BCUT2D eigenvalue weighted by molar-refractivity contribution is 9.10. The van der Waals surface area contributed by atoms with Crippen LogP contribution in [0.1, 0.15) is 23.6 Å². The van der Waals surface area contributed by atoms with E-state index in [0.717, 1.165) is 13.1 Å². The molecule has 88 valence electrons. The van der Waals surface area contributed by atoms with Crippen LogP contribution in [0.4, 0.5) is 0 Å². The highest BCUT2D eigenvalue weighted by Gasteiger charge is 2.29. The van der Waals surface area contributed by atoms with Crippen molar-refractivity contribution in [3.63, 3.8) is 0 Å². The van der Waals surface area contributed by atoms with Gasteiger partial charge in [-0.15, -0.1) is 0 Å². The van der Waals surface area contributed by atoms with Gasteiger partial charge in [0, 0.05) is 17.1 Å². The first-order chi connectivity index (χ1) is 7.61. The lowest BCUT2D eigenvalue weighted by Gasteiger charge is -2.20. The van der Waals surface area contributed by atoms with Gasteiger partial charge in [-0.1, -0.05) is 28.1 Å². The lowest BCUT2D eigenvalue weighted by Crippen LogP contribution is -2.20. The number of rotatable bonds is 2. The van der Waals surface area contributed by atoms with Crippen molar-refractivity contribution in [2.24, 2.45) is 11.7 Å². The largest absolute Gasteiger partial charge is 0.330 e. The van der Waals surface area contributed by atoms with Crippen molar-refractivity contribution in [3.8, 4) is 0 Å². The molecule has 1 aromatic rings. The molecule has 0 aromatic heterocycles. The molecule has 1 heterocycles. The molecule has 0 bridgehead atoms. The predicted molar refractivity (Wildman–Crippen MR) is 71.4 cm³/mol.